The summed E-state index contributed by atoms with van der Waals surface area (Å²) in [7, 11) is -3.72. The molecule has 2 aromatic carbocycles. The third-order valence-corrected chi connectivity index (χ3v) is 6.84. The summed E-state index contributed by atoms with van der Waals surface area (Å²) in [6, 6.07) is 12.4. The Morgan fingerprint density at radius 1 is 1.04 bits per heavy atom. The Hall–Kier alpha value is -1.67. The first-order valence-corrected chi connectivity index (χ1v) is 11.5. The lowest BCUT2D eigenvalue weighted by Gasteiger charge is -2.16. The van der Waals surface area contributed by atoms with Crippen LogP contribution in [0.25, 0.3) is 10.9 Å². The van der Waals surface area contributed by atoms with Gasteiger partial charge in [0.1, 0.15) is 0 Å². The predicted octanol–water partition coefficient (Wildman–Crippen LogP) is 4.89. The van der Waals surface area contributed by atoms with E-state index >= 15 is 0 Å². The van der Waals surface area contributed by atoms with Crippen LogP contribution in [-0.2, 0) is 25.9 Å². The molecule has 0 atom stereocenters. The molecule has 0 unspecified atom stereocenters. The van der Waals surface area contributed by atoms with Gasteiger partial charge in [-0.3, -0.25) is 0 Å². The largest absolute Gasteiger partial charge is 0.353 e. The van der Waals surface area contributed by atoms with Crippen LogP contribution < -0.4 is 0 Å². The number of benzene rings is 2. The maximum Gasteiger partial charge on any atom is 0.268 e. The van der Waals surface area contributed by atoms with E-state index in [9.17, 15) is 8.42 Å². The zero-order valence-corrected chi connectivity index (χ0v) is 18.6. The Morgan fingerprint density at radius 3 is 2.29 bits per heavy atom. The van der Waals surface area contributed by atoms with Crippen LogP contribution in [0.4, 0.5) is 0 Å². The number of fused-ring (bicyclic) bond motifs is 1. The second-order valence-corrected chi connectivity index (χ2v) is 9.12. The highest BCUT2D eigenvalue weighted by atomic mass is 79.9. The molecule has 1 heterocycles. The van der Waals surface area contributed by atoms with Crippen molar-refractivity contribution in [3.05, 3.63) is 64.3 Å². The fraction of sp³-hybridized carbons (Fsp3) is 0.333. The molecule has 7 heteroatoms. The molecule has 3 aromatic rings. The zero-order chi connectivity index (χ0) is 20.3. The van der Waals surface area contributed by atoms with Crippen LogP contribution in [-0.4, -0.2) is 31.9 Å². The van der Waals surface area contributed by atoms with Gasteiger partial charge in [-0.15, -0.1) is 0 Å². The Bertz CT molecular complexity index is 1050. The number of halogens is 1. The average molecular weight is 466 g/mol. The minimum Gasteiger partial charge on any atom is -0.353 e. The fourth-order valence-electron chi connectivity index (χ4n) is 3.18. The van der Waals surface area contributed by atoms with Crippen LogP contribution in [0.1, 0.15) is 25.0 Å². The van der Waals surface area contributed by atoms with E-state index in [1.165, 1.54) is 3.97 Å². The van der Waals surface area contributed by atoms with Crippen LogP contribution >= 0.6 is 15.9 Å². The van der Waals surface area contributed by atoms with Crippen molar-refractivity contribution < 1.29 is 17.9 Å². The second-order valence-electron chi connectivity index (χ2n) is 6.45. The molecule has 5 nitrogen and oxygen atoms in total. The summed E-state index contributed by atoms with van der Waals surface area (Å²) in [6.45, 7) is 6.79. The van der Waals surface area contributed by atoms with Crippen LogP contribution in [0.2, 0.25) is 0 Å². The van der Waals surface area contributed by atoms with E-state index in [1.54, 1.807) is 30.5 Å². The summed E-state index contributed by atoms with van der Waals surface area (Å²) in [5, 5.41) is 0.850. The smallest absolute Gasteiger partial charge is 0.268 e. The molecule has 0 saturated heterocycles. The van der Waals surface area contributed by atoms with Gasteiger partial charge in [-0.25, -0.2) is 12.4 Å². The topological polar surface area (TPSA) is 57.5 Å². The quantitative estimate of drug-likeness (QED) is 0.444. The van der Waals surface area contributed by atoms with Crippen LogP contribution in [0, 0.1) is 6.92 Å². The third kappa shape index (κ3) is 4.17. The highest BCUT2D eigenvalue weighted by Crippen LogP contribution is 2.32. The van der Waals surface area contributed by atoms with Crippen molar-refractivity contribution in [3.8, 4) is 0 Å². The van der Waals surface area contributed by atoms with Crippen molar-refractivity contribution >= 4 is 36.9 Å². The number of hydrogen-bond acceptors (Lipinski definition) is 4. The molecule has 0 aliphatic heterocycles. The van der Waals surface area contributed by atoms with Crippen molar-refractivity contribution in [2.24, 2.45) is 0 Å². The van der Waals surface area contributed by atoms with Gasteiger partial charge < -0.3 is 9.47 Å². The first-order chi connectivity index (χ1) is 13.4. The number of ether oxygens (including phenoxy) is 2. The van der Waals surface area contributed by atoms with E-state index < -0.39 is 16.3 Å². The third-order valence-electron chi connectivity index (χ3n) is 4.49. The first kappa shape index (κ1) is 21.0. The minimum atomic E-state index is -3.72. The molecule has 0 radical (unpaired) electrons. The van der Waals surface area contributed by atoms with E-state index in [0.717, 1.165) is 21.0 Å². The molecule has 1 aromatic heterocycles. The van der Waals surface area contributed by atoms with Gasteiger partial charge in [-0.05, 0) is 50.6 Å². The summed E-state index contributed by atoms with van der Waals surface area (Å²) in [5.41, 5.74) is 2.48. The van der Waals surface area contributed by atoms with Crippen LogP contribution in [0.3, 0.4) is 0 Å². The molecule has 150 valence electrons. The van der Waals surface area contributed by atoms with E-state index in [-0.39, 0.29) is 4.90 Å². The first-order valence-electron chi connectivity index (χ1n) is 9.22. The maximum atomic E-state index is 13.3. The van der Waals surface area contributed by atoms with Crippen molar-refractivity contribution in [1.29, 1.82) is 0 Å². The summed E-state index contributed by atoms with van der Waals surface area (Å²) >= 11 is 3.57. The van der Waals surface area contributed by atoms with Gasteiger partial charge in [0, 0.05) is 35.7 Å². The van der Waals surface area contributed by atoms with Gasteiger partial charge in [0.05, 0.1) is 10.4 Å². The average Bonchev–Trinajstić information content (AvgIpc) is 3.03. The summed E-state index contributed by atoms with van der Waals surface area (Å²) < 4.78 is 40.1. The monoisotopic (exact) mass is 465 g/mol. The van der Waals surface area contributed by atoms with Gasteiger partial charge in [-0.2, -0.15) is 0 Å². The molecule has 28 heavy (non-hydrogen) atoms. The van der Waals surface area contributed by atoms with E-state index in [1.807, 2.05) is 39.0 Å². The Labute approximate surface area is 174 Å². The van der Waals surface area contributed by atoms with Crippen LogP contribution in [0.15, 0.2) is 58.0 Å². The normalized spacial score (nSPS) is 12.2. The van der Waals surface area contributed by atoms with Crippen molar-refractivity contribution in [2.75, 3.05) is 13.2 Å². The number of nitrogens with zero attached hydrogens (tertiary/aromatic N) is 1. The van der Waals surface area contributed by atoms with Crippen LogP contribution in [0.5, 0.6) is 0 Å². The van der Waals surface area contributed by atoms with Gasteiger partial charge in [0.25, 0.3) is 10.0 Å². The van der Waals surface area contributed by atoms with E-state index in [2.05, 4.69) is 15.9 Å². The molecule has 0 N–H and O–H groups in total. The summed E-state index contributed by atoms with van der Waals surface area (Å²) in [5.74, 6) is 0. The minimum absolute atomic E-state index is 0.257. The lowest BCUT2D eigenvalue weighted by molar-refractivity contribution is -0.134. The molecule has 0 fully saturated rings. The molecule has 0 aliphatic carbocycles. The molecular formula is C21H24BrNO4S. The molecule has 0 aliphatic rings. The standard InChI is InChI=1S/C21H24BrNO4S/c1-4-26-20(27-5-2)13-16-14-23(19-8-6-7-18(22)21(16)19)28(24,25)17-11-9-15(3)10-12-17/h6-12,14,20H,4-5,13H2,1-3H3. The molecular weight excluding hydrogens is 442 g/mol. The molecule has 0 bridgehead atoms. The van der Waals surface area contributed by atoms with Crippen molar-refractivity contribution in [3.63, 3.8) is 0 Å². The Kier molecular flexibility index (Phi) is 6.60. The number of hydrogen-bond donors (Lipinski definition) is 0. The number of aromatic nitrogens is 1. The zero-order valence-electron chi connectivity index (χ0n) is 16.2. The SMILES string of the molecule is CCOC(Cc1cn(S(=O)(=O)c2ccc(C)cc2)c2cccc(Br)c12)OCC. The van der Waals surface area contributed by atoms with Gasteiger partial charge >= 0.3 is 0 Å². The molecule has 0 saturated carbocycles. The lowest BCUT2D eigenvalue weighted by Crippen LogP contribution is -2.20. The van der Waals surface area contributed by atoms with Crippen molar-refractivity contribution in [1.82, 2.24) is 3.97 Å². The maximum absolute atomic E-state index is 13.3. The highest BCUT2D eigenvalue weighted by molar-refractivity contribution is 9.10. The Balaban J connectivity index is 2.14. The van der Waals surface area contributed by atoms with E-state index in [4.69, 9.17) is 9.47 Å². The fourth-order valence-corrected chi connectivity index (χ4v) is 5.18. The Morgan fingerprint density at radius 2 is 1.68 bits per heavy atom. The molecule has 3 rings (SSSR count). The van der Waals surface area contributed by atoms with Crippen molar-refractivity contribution in [2.45, 2.75) is 38.4 Å². The second kappa shape index (κ2) is 8.78. The van der Waals surface area contributed by atoms with Gasteiger partial charge in [-0.1, -0.05) is 39.7 Å². The van der Waals surface area contributed by atoms with Gasteiger partial charge in [0.15, 0.2) is 6.29 Å². The number of aryl methyl sites for hydroxylation is 1. The lowest BCUT2D eigenvalue weighted by atomic mass is 10.1. The number of rotatable bonds is 8. The highest BCUT2D eigenvalue weighted by Gasteiger charge is 2.24. The molecule has 0 spiro atoms. The van der Waals surface area contributed by atoms with Gasteiger partial charge in [0.2, 0.25) is 0 Å². The summed E-state index contributed by atoms with van der Waals surface area (Å²) in [6.07, 6.45) is 1.70. The molecule has 0 amide bonds. The van der Waals surface area contributed by atoms with E-state index in [0.29, 0.717) is 25.2 Å². The summed E-state index contributed by atoms with van der Waals surface area (Å²) in [4.78, 5) is 0.257. The predicted molar refractivity (Wildman–Crippen MR) is 114 cm³/mol.